The zero-order valence-electron chi connectivity index (χ0n) is 8.23. The van der Waals surface area contributed by atoms with Gasteiger partial charge in [-0.1, -0.05) is 6.07 Å². The number of hydrogen-bond acceptors (Lipinski definition) is 3. The van der Waals surface area contributed by atoms with Crippen molar-refractivity contribution in [2.75, 3.05) is 19.8 Å². The summed E-state index contributed by atoms with van der Waals surface area (Å²) in [6.07, 6.45) is 4.84. The van der Waals surface area contributed by atoms with Crippen LogP contribution in [0.15, 0.2) is 24.5 Å². The van der Waals surface area contributed by atoms with Gasteiger partial charge in [-0.05, 0) is 30.5 Å². The minimum atomic E-state index is 0.442. The zero-order chi connectivity index (χ0) is 9.80. The van der Waals surface area contributed by atoms with E-state index in [0.717, 1.165) is 19.6 Å². The molecule has 1 unspecified atom stereocenters. The van der Waals surface area contributed by atoms with E-state index in [4.69, 9.17) is 10.5 Å². The highest BCUT2D eigenvalue weighted by atomic mass is 16.5. The molecule has 0 spiro atoms. The highest BCUT2D eigenvalue weighted by molar-refractivity contribution is 5.15. The van der Waals surface area contributed by atoms with Gasteiger partial charge < -0.3 is 10.5 Å². The Labute approximate surface area is 84.3 Å². The third-order valence-electron chi connectivity index (χ3n) is 2.77. The van der Waals surface area contributed by atoms with E-state index in [1.165, 1.54) is 5.56 Å². The van der Waals surface area contributed by atoms with E-state index in [1.54, 1.807) is 6.20 Å². The van der Waals surface area contributed by atoms with Gasteiger partial charge in [0.25, 0.3) is 0 Å². The molecule has 1 atom stereocenters. The Kier molecular flexibility index (Phi) is 3.11. The fourth-order valence-electron chi connectivity index (χ4n) is 1.81. The molecule has 0 bridgehead atoms. The van der Waals surface area contributed by atoms with Crippen molar-refractivity contribution >= 4 is 0 Å². The van der Waals surface area contributed by atoms with Gasteiger partial charge in [0.2, 0.25) is 0 Å². The molecule has 1 fully saturated rings. The molecule has 0 aliphatic carbocycles. The molecule has 1 aromatic rings. The second-order valence-corrected chi connectivity index (χ2v) is 3.86. The summed E-state index contributed by atoms with van der Waals surface area (Å²) in [6, 6.07) is 4.07. The lowest BCUT2D eigenvalue weighted by atomic mass is 9.89. The van der Waals surface area contributed by atoms with Crippen molar-refractivity contribution in [1.29, 1.82) is 0 Å². The Hall–Kier alpha value is -0.930. The van der Waals surface area contributed by atoms with Gasteiger partial charge in [-0.15, -0.1) is 0 Å². The third kappa shape index (κ3) is 2.11. The average Bonchev–Trinajstić information content (AvgIpc) is 2.18. The smallest absolute Gasteiger partial charge is 0.0516 e. The van der Waals surface area contributed by atoms with Crippen LogP contribution < -0.4 is 5.73 Å². The number of aromatic nitrogens is 1. The van der Waals surface area contributed by atoms with Crippen LogP contribution in [0, 0.1) is 5.92 Å². The van der Waals surface area contributed by atoms with E-state index in [9.17, 15) is 0 Å². The summed E-state index contributed by atoms with van der Waals surface area (Å²) >= 11 is 0. The molecule has 0 amide bonds. The molecule has 0 radical (unpaired) electrons. The van der Waals surface area contributed by atoms with Crippen LogP contribution in [0.25, 0.3) is 0 Å². The summed E-state index contributed by atoms with van der Waals surface area (Å²) in [4.78, 5) is 4.12. The van der Waals surface area contributed by atoms with Crippen molar-refractivity contribution in [2.24, 2.45) is 11.7 Å². The first kappa shape index (κ1) is 9.62. The first-order valence-electron chi connectivity index (χ1n) is 5.08. The molecular formula is C11H16N2O. The van der Waals surface area contributed by atoms with Crippen LogP contribution >= 0.6 is 0 Å². The average molecular weight is 192 g/mol. The number of hydrogen-bond donors (Lipinski definition) is 1. The molecule has 0 aromatic carbocycles. The normalized spacial score (nSPS) is 18.9. The van der Waals surface area contributed by atoms with Crippen LogP contribution in [0.5, 0.6) is 0 Å². The fraction of sp³-hybridized carbons (Fsp3) is 0.545. The van der Waals surface area contributed by atoms with Gasteiger partial charge in [0.15, 0.2) is 0 Å². The molecule has 2 N–H and O–H groups in total. The number of pyridine rings is 1. The number of nitrogens with zero attached hydrogens (tertiary/aromatic N) is 1. The van der Waals surface area contributed by atoms with Crippen LogP contribution in [0.3, 0.4) is 0 Å². The molecule has 0 saturated carbocycles. The lowest BCUT2D eigenvalue weighted by Gasteiger charge is -2.29. The Balaban J connectivity index is 1.98. The first-order valence-corrected chi connectivity index (χ1v) is 5.08. The number of nitrogens with two attached hydrogens (primary N) is 1. The van der Waals surface area contributed by atoms with E-state index in [-0.39, 0.29) is 0 Å². The van der Waals surface area contributed by atoms with Crippen molar-refractivity contribution in [3.05, 3.63) is 30.1 Å². The standard InChI is InChI=1S/C11H16N2O/c12-5-11(4-9-7-14-8-9)10-2-1-3-13-6-10/h1-3,6,9,11H,4-5,7-8,12H2. The maximum Gasteiger partial charge on any atom is 0.0516 e. The number of ether oxygens (including phenoxy) is 1. The zero-order valence-corrected chi connectivity index (χ0v) is 8.23. The Morgan fingerprint density at radius 1 is 1.57 bits per heavy atom. The molecule has 1 saturated heterocycles. The van der Waals surface area contributed by atoms with Gasteiger partial charge >= 0.3 is 0 Å². The molecule has 14 heavy (non-hydrogen) atoms. The topological polar surface area (TPSA) is 48.1 Å². The van der Waals surface area contributed by atoms with Crippen LogP contribution in [-0.2, 0) is 4.74 Å². The van der Waals surface area contributed by atoms with Crippen LogP contribution in [0.1, 0.15) is 17.9 Å². The minimum Gasteiger partial charge on any atom is -0.381 e. The second kappa shape index (κ2) is 4.53. The molecule has 3 heteroatoms. The highest BCUT2D eigenvalue weighted by Gasteiger charge is 2.23. The summed E-state index contributed by atoms with van der Waals surface area (Å²) in [6.45, 7) is 2.50. The maximum absolute atomic E-state index is 5.76. The Bertz CT molecular complexity index is 272. The predicted molar refractivity (Wildman–Crippen MR) is 55.0 cm³/mol. The lowest BCUT2D eigenvalue weighted by molar-refractivity contribution is -0.0382. The van der Waals surface area contributed by atoms with Gasteiger partial charge in [-0.3, -0.25) is 4.98 Å². The number of rotatable bonds is 4. The second-order valence-electron chi connectivity index (χ2n) is 3.86. The Morgan fingerprint density at radius 2 is 2.43 bits per heavy atom. The van der Waals surface area contributed by atoms with E-state index in [1.807, 2.05) is 12.3 Å². The maximum atomic E-state index is 5.76. The van der Waals surface area contributed by atoms with Gasteiger partial charge in [-0.2, -0.15) is 0 Å². The summed E-state index contributed by atoms with van der Waals surface area (Å²) < 4.78 is 5.16. The molecule has 2 rings (SSSR count). The molecule has 1 aliphatic heterocycles. The Morgan fingerprint density at radius 3 is 2.93 bits per heavy atom. The van der Waals surface area contributed by atoms with Crippen molar-refractivity contribution < 1.29 is 4.74 Å². The van der Waals surface area contributed by atoms with Crippen molar-refractivity contribution in [2.45, 2.75) is 12.3 Å². The van der Waals surface area contributed by atoms with E-state index >= 15 is 0 Å². The van der Waals surface area contributed by atoms with Gasteiger partial charge in [-0.25, -0.2) is 0 Å². The van der Waals surface area contributed by atoms with E-state index < -0.39 is 0 Å². The monoisotopic (exact) mass is 192 g/mol. The third-order valence-corrected chi connectivity index (χ3v) is 2.77. The van der Waals surface area contributed by atoms with Crippen molar-refractivity contribution in [1.82, 2.24) is 4.98 Å². The molecule has 1 aliphatic rings. The lowest BCUT2D eigenvalue weighted by Crippen LogP contribution is -2.30. The van der Waals surface area contributed by atoms with Crippen LogP contribution in [-0.4, -0.2) is 24.7 Å². The van der Waals surface area contributed by atoms with Gasteiger partial charge in [0.1, 0.15) is 0 Å². The predicted octanol–water partition coefficient (Wildman–Crippen LogP) is 1.16. The van der Waals surface area contributed by atoms with Gasteiger partial charge in [0.05, 0.1) is 13.2 Å². The fourth-order valence-corrected chi connectivity index (χ4v) is 1.81. The van der Waals surface area contributed by atoms with Gasteiger partial charge in [0, 0.05) is 18.3 Å². The van der Waals surface area contributed by atoms with Crippen molar-refractivity contribution in [3.8, 4) is 0 Å². The van der Waals surface area contributed by atoms with E-state index in [2.05, 4.69) is 11.1 Å². The molecular weight excluding hydrogens is 176 g/mol. The summed E-state index contributed by atoms with van der Waals surface area (Å²) in [5, 5.41) is 0. The molecule has 2 heterocycles. The van der Waals surface area contributed by atoms with Crippen LogP contribution in [0.2, 0.25) is 0 Å². The first-order chi connectivity index (χ1) is 6.90. The van der Waals surface area contributed by atoms with Crippen molar-refractivity contribution in [3.63, 3.8) is 0 Å². The summed E-state index contributed by atoms with van der Waals surface area (Å²) in [5.74, 6) is 1.14. The molecule has 3 nitrogen and oxygen atoms in total. The minimum absolute atomic E-state index is 0.442. The molecule has 1 aromatic heterocycles. The van der Waals surface area contributed by atoms with E-state index in [0.29, 0.717) is 18.4 Å². The SMILES string of the molecule is NCC(CC1COC1)c1cccnc1. The summed E-state index contributed by atoms with van der Waals surface area (Å²) in [5.41, 5.74) is 7.02. The highest BCUT2D eigenvalue weighted by Crippen LogP contribution is 2.26. The van der Waals surface area contributed by atoms with Crippen LogP contribution in [0.4, 0.5) is 0 Å². The molecule has 76 valence electrons. The summed E-state index contributed by atoms with van der Waals surface area (Å²) in [7, 11) is 0. The largest absolute Gasteiger partial charge is 0.381 e. The quantitative estimate of drug-likeness (QED) is 0.778.